The number of hydrogen-bond donors (Lipinski definition) is 1. The van der Waals surface area contributed by atoms with Crippen LogP contribution < -0.4 is 10.3 Å². The molecule has 2 heterocycles. The van der Waals surface area contributed by atoms with Gasteiger partial charge in [0.05, 0.1) is 31.9 Å². The number of methoxy groups -OCH3 is 2. The van der Waals surface area contributed by atoms with E-state index in [9.17, 15) is 14.4 Å². The maximum absolute atomic E-state index is 12.4. The van der Waals surface area contributed by atoms with Crippen molar-refractivity contribution < 1.29 is 23.9 Å². The fraction of sp³-hybridized carbons (Fsp3) is 0.158. The summed E-state index contributed by atoms with van der Waals surface area (Å²) in [5, 5.41) is 3.98. The summed E-state index contributed by atoms with van der Waals surface area (Å²) in [4.78, 5) is 37.4. The first-order chi connectivity index (χ1) is 13.0. The van der Waals surface area contributed by atoms with E-state index in [-0.39, 0.29) is 23.6 Å². The number of allylic oxidation sites excluding steroid dienone is 2. The topological polar surface area (TPSA) is 97.3 Å². The lowest BCUT2D eigenvalue weighted by Gasteiger charge is -2.23. The molecular weight excluding hydrogens is 350 g/mol. The highest BCUT2D eigenvalue weighted by Crippen LogP contribution is 2.27. The minimum Gasteiger partial charge on any atom is -0.465 e. The largest absolute Gasteiger partial charge is 0.465 e. The zero-order valence-electron chi connectivity index (χ0n) is 14.8. The van der Waals surface area contributed by atoms with Crippen molar-refractivity contribution in [3.8, 4) is 0 Å². The molecule has 2 aliphatic heterocycles. The molecule has 8 nitrogen and oxygen atoms in total. The summed E-state index contributed by atoms with van der Waals surface area (Å²) < 4.78 is 9.65. The summed E-state index contributed by atoms with van der Waals surface area (Å²) in [6, 6.07) is 7.09. The Balaban J connectivity index is 2.01. The monoisotopic (exact) mass is 367 g/mol. The first kappa shape index (κ1) is 18.1. The van der Waals surface area contributed by atoms with Crippen molar-refractivity contribution in [2.24, 2.45) is 5.10 Å². The Kier molecular flexibility index (Phi) is 5.16. The van der Waals surface area contributed by atoms with Crippen LogP contribution in [0.3, 0.4) is 0 Å². The lowest BCUT2D eigenvalue weighted by Crippen LogP contribution is -2.27. The van der Waals surface area contributed by atoms with Crippen LogP contribution in [0.25, 0.3) is 0 Å². The molecule has 0 atom stereocenters. The second-order valence-corrected chi connectivity index (χ2v) is 5.63. The third-order valence-electron chi connectivity index (χ3n) is 4.01. The van der Waals surface area contributed by atoms with Crippen LogP contribution in [-0.2, 0) is 23.9 Å². The molecule has 3 rings (SSSR count). The molecule has 0 aliphatic carbocycles. The Morgan fingerprint density at radius 1 is 1.07 bits per heavy atom. The highest BCUT2D eigenvalue weighted by molar-refractivity contribution is 6.13. The second kappa shape index (κ2) is 7.69. The molecule has 0 fully saturated rings. The summed E-state index contributed by atoms with van der Waals surface area (Å²) in [7, 11) is 2.49. The number of carbonyl (C=O) groups is 3. The minimum absolute atomic E-state index is 0.0390. The van der Waals surface area contributed by atoms with Gasteiger partial charge < -0.3 is 14.4 Å². The molecule has 0 aromatic heterocycles. The predicted molar refractivity (Wildman–Crippen MR) is 97.6 cm³/mol. The van der Waals surface area contributed by atoms with Gasteiger partial charge in [-0.2, -0.15) is 5.10 Å². The number of amides is 1. The van der Waals surface area contributed by atoms with Crippen LogP contribution in [0.2, 0.25) is 0 Å². The highest BCUT2D eigenvalue weighted by atomic mass is 16.5. The first-order valence-electron chi connectivity index (χ1n) is 8.06. The molecular formula is C19H17N3O5. The molecule has 0 saturated carbocycles. The summed E-state index contributed by atoms with van der Waals surface area (Å²) in [6.45, 7) is 0. The molecule has 1 N–H and O–H groups in total. The summed E-state index contributed by atoms with van der Waals surface area (Å²) in [6.07, 6.45) is 6.68. The Bertz CT molecular complexity index is 910. The highest BCUT2D eigenvalue weighted by Gasteiger charge is 2.27. The average molecular weight is 367 g/mol. The van der Waals surface area contributed by atoms with Crippen LogP contribution in [0.15, 0.2) is 65.1 Å². The van der Waals surface area contributed by atoms with E-state index in [1.807, 2.05) is 0 Å². The second-order valence-electron chi connectivity index (χ2n) is 5.63. The lowest BCUT2D eigenvalue weighted by atomic mass is 10.1. The van der Waals surface area contributed by atoms with E-state index in [4.69, 9.17) is 9.47 Å². The number of hydrazone groups is 1. The van der Waals surface area contributed by atoms with E-state index in [1.54, 1.807) is 47.5 Å². The standard InChI is InChI=1S/C19H17N3O5/c1-26-18(24)14-5-3-4-10-22(17(14)19(25)27-2)13-8-6-12(7-9-13)15-11-16(23)21-20-15/h3-10H,11H2,1-2H3,(H,21,23). The van der Waals surface area contributed by atoms with Gasteiger partial charge in [0.15, 0.2) is 0 Å². The van der Waals surface area contributed by atoms with E-state index in [0.29, 0.717) is 11.4 Å². The number of carbonyl (C=O) groups excluding carboxylic acids is 3. The Labute approximate surface area is 155 Å². The van der Waals surface area contributed by atoms with E-state index in [1.165, 1.54) is 20.3 Å². The van der Waals surface area contributed by atoms with Crippen molar-refractivity contribution in [3.05, 3.63) is 65.5 Å². The molecule has 0 spiro atoms. The number of ether oxygens (including phenoxy) is 2. The molecule has 0 radical (unpaired) electrons. The lowest BCUT2D eigenvalue weighted by molar-refractivity contribution is -0.139. The van der Waals surface area contributed by atoms with Crippen molar-refractivity contribution >= 4 is 29.2 Å². The first-order valence-corrected chi connectivity index (χ1v) is 8.06. The van der Waals surface area contributed by atoms with E-state index in [0.717, 1.165) is 5.56 Å². The summed E-state index contributed by atoms with van der Waals surface area (Å²) in [5.74, 6) is -1.48. The Hall–Kier alpha value is -3.68. The van der Waals surface area contributed by atoms with Crippen LogP contribution in [0.5, 0.6) is 0 Å². The van der Waals surface area contributed by atoms with Gasteiger partial charge in [0.2, 0.25) is 5.91 Å². The molecule has 1 amide bonds. The molecule has 0 saturated heterocycles. The third-order valence-corrected chi connectivity index (χ3v) is 4.01. The number of benzene rings is 1. The van der Waals surface area contributed by atoms with Gasteiger partial charge in [0, 0.05) is 11.9 Å². The number of anilines is 1. The number of rotatable bonds is 4. The van der Waals surface area contributed by atoms with Gasteiger partial charge in [-0.25, -0.2) is 15.0 Å². The fourth-order valence-corrected chi connectivity index (χ4v) is 2.71. The Morgan fingerprint density at radius 3 is 2.37 bits per heavy atom. The van der Waals surface area contributed by atoms with Gasteiger partial charge in [-0.15, -0.1) is 0 Å². The van der Waals surface area contributed by atoms with Crippen molar-refractivity contribution in [1.29, 1.82) is 0 Å². The van der Waals surface area contributed by atoms with Crippen LogP contribution in [0.1, 0.15) is 12.0 Å². The molecule has 8 heteroatoms. The van der Waals surface area contributed by atoms with Crippen molar-refractivity contribution in [2.45, 2.75) is 6.42 Å². The van der Waals surface area contributed by atoms with Crippen molar-refractivity contribution in [3.63, 3.8) is 0 Å². The van der Waals surface area contributed by atoms with Crippen LogP contribution in [0.4, 0.5) is 5.69 Å². The smallest absolute Gasteiger partial charge is 0.355 e. The molecule has 1 aromatic carbocycles. The zero-order chi connectivity index (χ0) is 19.4. The van der Waals surface area contributed by atoms with E-state index in [2.05, 4.69) is 10.5 Å². The summed E-state index contributed by atoms with van der Waals surface area (Å²) >= 11 is 0. The third kappa shape index (κ3) is 3.64. The Morgan fingerprint density at radius 2 is 1.78 bits per heavy atom. The number of nitrogens with one attached hydrogen (secondary N) is 1. The van der Waals surface area contributed by atoms with Crippen LogP contribution in [-0.4, -0.2) is 37.8 Å². The van der Waals surface area contributed by atoms with Gasteiger partial charge in [0.1, 0.15) is 5.70 Å². The fourth-order valence-electron chi connectivity index (χ4n) is 2.71. The minimum atomic E-state index is -0.675. The maximum Gasteiger partial charge on any atom is 0.355 e. The normalized spacial score (nSPS) is 16.0. The quantitative estimate of drug-likeness (QED) is 0.808. The molecule has 27 heavy (non-hydrogen) atoms. The predicted octanol–water partition coefficient (Wildman–Crippen LogP) is 1.40. The molecule has 138 valence electrons. The zero-order valence-corrected chi connectivity index (χ0v) is 14.8. The van der Waals surface area contributed by atoms with Gasteiger partial charge in [0.25, 0.3) is 0 Å². The number of nitrogens with zero attached hydrogens (tertiary/aromatic N) is 2. The van der Waals surface area contributed by atoms with Crippen molar-refractivity contribution in [2.75, 3.05) is 19.1 Å². The molecule has 0 bridgehead atoms. The van der Waals surface area contributed by atoms with Gasteiger partial charge in [-0.05, 0) is 29.8 Å². The molecule has 1 aromatic rings. The summed E-state index contributed by atoms with van der Waals surface area (Å²) in [5.41, 5.74) is 4.57. The number of hydrogen-bond acceptors (Lipinski definition) is 7. The van der Waals surface area contributed by atoms with Crippen LogP contribution in [0, 0.1) is 0 Å². The molecule has 0 unspecified atom stereocenters. The van der Waals surface area contributed by atoms with Crippen molar-refractivity contribution in [1.82, 2.24) is 5.43 Å². The number of esters is 2. The van der Waals surface area contributed by atoms with Gasteiger partial charge in [-0.1, -0.05) is 18.2 Å². The average Bonchev–Trinajstić information content (AvgIpc) is 3.01. The maximum atomic E-state index is 12.4. The molecule has 2 aliphatic rings. The SMILES string of the molecule is COC(=O)C1=C(C(=O)OC)N(c2ccc(C3=NNC(=O)C3)cc2)C=CC=C1. The van der Waals surface area contributed by atoms with E-state index >= 15 is 0 Å². The van der Waals surface area contributed by atoms with Crippen LogP contribution >= 0.6 is 0 Å². The van der Waals surface area contributed by atoms with Gasteiger partial charge >= 0.3 is 11.9 Å². The van der Waals surface area contributed by atoms with Gasteiger partial charge in [-0.3, -0.25) is 4.79 Å². The van der Waals surface area contributed by atoms with E-state index < -0.39 is 11.9 Å².